The van der Waals surface area contributed by atoms with Crippen LogP contribution >= 0.6 is 0 Å². The molecule has 2 heterocycles. The molecule has 0 aliphatic heterocycles. The minimum atomic E-state index is -1.20. The second-order valence-electron chi connectivity index (χ2n) is 5.00. The molecule has 0 bridgehead atoms. The fourth-order valence-electron chi connectivity index (χ4n) is 2.27. The Bertz CT molecular complexity index is 960. The number of carboxylic acids is 1. The molecule has 24 heavy (non-hydrogen) atoms. The number of carboxylic acid groups (broad SMARTS) is 1. The maximum atomic E-state index is 10.9. The first kappa shape index (κ1) is 15.2. The van der Waals surface area contributed by atoms with Gasteiger partial charge in [-0.2, -0.15) is 5.26 Å². The van der Waals surface area contributed by atoms with E-state index in [2.05, 4.69) is 6.07 Å². The van der Waals surface area contributed by atoms with E-state index < -0.39 is 5.97 Å². The van der Waals surface area contributed by atoms with Gasteiger partial charge in [0.2, 0.25) is 0 Å². The van der Waals surface area contributed by atoms with E-state index >= 15 is 0 Å². The Kier molecular flexibility index (Phi) is 3.91. The first-order valence-corrected chi connectivity index (χ1v) is 6.99. The van der Waals surface area contributed by atoms with E-state index in [1.54, 1.807) is 53.6 Å². The molecule has 0 spiro atoms. The zero-order chi connectivity index (χ0) is 17.1. The molecule has 0 fully saturated rings. The molecule has 0 radical (unpaired) electrons. The molecule has 3 rings (SSSR count). The number of rotatable bonds is 4. The van der Waals surface area contributed by atoms with E-state index in [9.17, 15) is 15.2 Å². The molecule has 6 heteroatoms. The Morgan fingerprint density at radius 1 is 1.25 bits per heavy atom. The molecular formula is C18H12N2O4. The summed E-state index contributed by atoms with van der Waals surface area (Å²) < 4.78 is 6.85. The fraction of sp³-hybridized carbons (Fsp3) is 0. The lowest BCUT2D eigenvalue weighted by atomic mass is 10.2. The van der Waals surface area contributed by atoms with Crippen molar-refractivity contribution in [2.45, 2.75) is 0 Å². The Labute approximate surface area is 137 Å². The predicted octanol–water partition coefficient (Wildman–Crippen LogP) is 3.52. The summed E-state index contributed by atoms with van der Waals surface area (Å²) >= 11 is 0. The first-order chi connectivity index (χ1) is 11.6. The average Bonchev–Trinajstić information content (AvgIpc) is 3.21. The molecule has 0 saturated heterocycles. The maximum absolute atomic E-state index is 10.9. The molecule has 1 aromatic carbocycles. The molecule has 0 unspecified atom stereocenters. The summed E-state index contributed by atoms with van der Waals surface area (Å²) in [6.45, 7) is 0. The topological polar surface area (TPSA) is 99.4 Å². The van der Waals surface area contributed by atoms with Crippen molar-refractivity contribution in [3.63, 3.8) is 0 Å². The van der Waals surface area contributed by atoms with Gasteiger partial charge in [0.05, 0.1) is 11.8 Å². The van der Waals surface area contributed by atoms with Crippen molar-refractivity contribution in [3.05, 3.63) is 71.4 Å². The van der Waals surface area contributed by atoms with Crippen LogP contribution in [0.4, 0.5) is 0 Å². The number of aromatic nitrogens is 1. The van der Waals surface area contributed by atoms with E-state index in [1.807, 2.05) is 0 Å². The summed E-state index contributed by atoms with van der Waals surface area (Å²) in [4.78, 5) is 10.9. The molecule has 3 aromatic rings. The average molecular weight is 320 g/mol. The van der Waals surface area contributed by atoms with Crippen molar-refractivity contribution in [1.82, 2.24) is 4.57 Å². The highest BCUT2D eigenvalue weighted by Crippen LogP contribution is 2.24. The number of aromatic hydroxyl groups is 1. The predicted molar refractivity (Wildman–Crippen MR) is 86.7 cm³/mol. The summed E-state index contributed by atoms with van der Waals surface area (Å²) in [7, 11) is 0. The minimum absolute atomic E-state index is 0.177. The van der Waals surface area contributed by atoms with Crippen LogP contribution in [0.5, 0.6) is 5.75 Å². The van der Waals surface area contributed by atoms with Gasteiger partial charge in [0.1, 0.15) is 23.1 Å². The van der Waals surface area contributed by atoms with Crippen LogP contribution < -0.4 is 0 Å². The molecular weight excluding hydrogens is 308 g/mol. The van der Waals surface area contributed by atoms with Crippen LogP contribution in [-0.2, 0) is 0 Å². The van der Waals surface area contributed by atoms with Gasteiger partial charge < -0.3 is 19.2 Å². The lowest BCUT2D eigenvalue weighted by Gasteiger charge is -2.05. The molecule has 118 valence electrons. The molecule has 2 aromatic heterocycles. The summed E-state index contributed by atoms with van der Waals surface area (Å²) in [5.41, 5.74) is 1.49. The molecule has 0 aliphatic rings. The second-order valence-corrected chi connectivity index (χ2v) is 5.00. The molecule has 6 nitrogen and oxygen atoms in total. The zero-order valence-corrected chi connectivity index (χ0v) is 12.4. The highest BCUT2D eigenvalue weighted by Gasteiger charge is 2.11. The fourth-order valence-corrected chi connectivity index (χ4v) is 2.27. The number of hydrogen-bond donors (Lipinski definition) is 2. The SMILES string of the molecule is N#Cc1cn(-c2ccc(C(=O)O)c(O)c2)cc1/C=C/c1ccco1. The monoisotopic (exact) mass is 320 g/mol. The van der Waals surface area contributed by atoms with E-state index in [1.165, 1.54) is 12.1 Å². The highest BCUT2D eigenvalue weighted by molar-refractivity contribution is 5.91. The number of nitrogens with zero attached hydrogens (tertiary/aromatic N) is 2. The van der Waals surface area contributed by atoms with Gasteiger partial charge in [-0.3, -0.25) is 0 Å². The minimum Gasteiger partial charge on any atom is -0.507 e. The van der Waals surface area contributed by atoms with Crippen LogP contribution in [0.2, 0.25) is 0 Å². The summed E-state index contributed by atoms with van der Waals surface area (Å²) in [6.07, 6.45) is 8.37. The van der Waals surface area contributed by atoms with Gasteiger partial charge in [-0.25, -0.2) is 4.79 Å². The largest absolute Gasteiger partial charge is 0.507 e. The van der Waals surface area contributed by atoms with Gasteiger partial charge in [0.25, 0.3) is 0 Å². The number of hydrogen-bond acceptors (Lipinski definition) is 4. The number of carbonyl (C=O) groups is 1. The van der Waals surface area contributed by atoms with Crippen molar-refractivity contribution in [2.24, 2.45) is 0 Å². The Morgan fingerprint density at radius 2 is 2.08 bits per heavy atom. The Balaban J connectivity index is 1.97. The highest BCUT2D eigenvalue weighted by atomic mass is 16.4. The van der Waals surface area contributed by atoms with Gasteiger partial charge in [-0.15, -0.1) is 0 Å². The summed E-state index contributed by atoms with van der Waals surface area (Å²) in [5.74, 6) is -0.874. The van der Waals surface area contributed by atoms with Crippen molar-refractivity contribution in [2.75, 3.05) is 0 Å². The third-order valence-corrected chi connectivity index (χ3v) is 3.46. The van der Waals surface area contributed by atoms with Crippen molar-refractivity contribution < 1.29 is 19.4 Å². The van der Waals surface area contributed by atoms with E-state index in [4.69, 9.17) is 9.52 Å². The van der Waals surface area contributed by atoms with Crippen molar-refractivity contribution >= 4 is 18.1 Å². The second kappa shape index (κ2) is 6.18. The number of phenols is 1. The molecule has 0 atom stereocenters. The summed E-state index contributed by atoms with van der Waals surface area (Å²) in [6, 6.07) is 9.88. The van der Waals surface area contributed by atoms with Gasteiger partial charge in [-0.1, -0.05) is 0 Å². The van der Waals surface area contributed by atoms with Crippen LogP contribution in [0.3, 0.4) is 0 Å². The maximum Gasteiger partial charge on any atom is 0.339 e. The van der Waals surface area contributed by atoms with Gasteiger partial charge in [0, 0.05) is 29.7 Å². The van der Waals surface area contributed by atoms with Gasteiger partial charge in [0.15, 0.2) is 0 Å². The number of nitriles is 1. The normalized spacial score (nSPS) is 10.8. The smallest absolute Gasteiger partial charge is 0.339 e. The van der Waals surface area contributed by atoms with Gasteiger partial charge in [-0.05, 0) is 36.4 Å². The quantitative estimate of drug-likeness (QED) is 0.766. The molecule has 0 aliphatic carbocycles. The third kappa shape index (κ3) is 2.91. The Morgan fingerprint density at radius 3 is 2.71 bits per heavy atom. The zero-order valence-electron chi connectivity index (χ0n) is 12.4. The van der Waals surface area contributed by atoms with E-state index in [-0.39, 0.29) is 11.3 Å². The molecule has 0 amide bonds. The van der Waals surface area contributed by atoms with Crippen molar-refractivity contribution in [3.8, 4) is 17.5 Å². The molecule has 0 saturated carbocycles. The van der Waals surface area contributed by atoms with Crippen LogP contribution in [0.1, 0.15) is 27.2 Å². The lowest BCUT2D eigenvalue weighted by molar-refractivity contribution is 0.0694. The van der Waals surface area contributed by atoms with Crippen LogP contribution in [0.25, 0.3) is 17.8 Å². The van der Waals surface area contributed by atoms with E-state index in [0.29, 0.717) is 22.6 Å². The van der Waals surface area contributed by atoms with Crippen LogP contribution in [-0.4, -0.2) is 20.7 Å². The van der Waals surface area contributed by atoms with Crippen LogP contribution in [0, 0.1) is 11.3 Å². The number of furan rings is 1. The lowest BCUT2D eigenvalue weighted by Crippen LogP contribution is -1.98. The summed E-state index contributed by atoms with van der Waals surface area (Å²) in [5, 5.41) is 28.0. The van der Waals surface area contributed by atoms with Gasteiger partial charge >= 0.3 is 5.97 Å². The Hall–Kier alpha value is -3.72. The first-order valence-electron chi connectivity index (χ1n) is 6.99. The van der Waals surface area contributed by atoms with Crippen molar-refractivity contribution in [1.29, 1.82) is 5.26 Å². The standard InChI is InChI=1S/C18H12N2O4/c19-9-13-11-20(10-12(13)3-5-15-2-1-7-24-15)14-4-6-16(18(22)23)17(21)8-14/h1-8,10-11,21H,(H,22,23)/b5-3+. The number of benzene rings is 1. The third-order valence-electron chi connectivity index (χ3n) is 3.46. The number of aromatic carboxylic acids is 1. The van der Waals surface area contributed by atoms with E-state index in [0.717, 1.165) is 0 Å². The molecule has 2 N–H and O–H groups in total. The van der Waals surface area contributed by atoms with Crippen LogP contribution in [0.15, 0.2) is 53.4 Å².